The monoisotopic (exact) mass is 281 g/mol. The molecule has 0 saturated carbocycles. The van der Waals surface area contributed by atoms with Crippen LogP contribution in [-0.4, -0.2) is 24.8 Å². The molecule has 0 aliphatic carbocycles. The minimum Gasteiger partial charge on any atom is -0.399 e. The third-order valence-electron chi connectivity index (χ3n) is 2.63. The normalized spacial score (nSPS) is 11.4. The van der Waals surface area contributed by atoms with Crippen LogP contribution < -0.4 is 5.43 Å². The highest BCUT2D eigenvalue weighted by Crippen LogP contribution is 2.06. The fraction of sp³-hybridized carbons (Fsp3) is 0.0625. The molecule has 0 fully saturated rings. The first kappa shape index (κ1) is 14.5. The quantitative estimate of drug-likeness (QED) is 0.503. The van der Waals surface area contributed by atoms with E-state index < -0.39 is 0 Å². The molecule has 0 amide bonds. The maximum Gasteiger partial charge on any atom is 0.214 e. The Morgan fingerprint density at radius 2 is 1.67 bits per heavy atom. The second-order valence-corrected chi connectivity index (χ2v) is 4.09. The van der Waals surface area contributed by atoms with E-state index in [0.29, 0.717) is 5.56 Å². The van der Waals surface area contributed by atoms with E-state index >= 15 is 0 Å². The van der Waals surface area contributed by atoms with Crippen molar-refractivity contribution < 1.29 is 9.63 Å². The fourth-order valence-electron chi connectivity index (χ4n) is 1.62. The van der Waals surface area contributed by atoms with Crippen LogP contribution in [0.1, 0.15) is 10.4 Å². The zero-order chi connectivity index (χ0) is 14.9. The van der Waals surface area contributed by atoms with Gasteiger partial charge in [0.15, 0.2) is 5.71 Å². The van der Waals surface area contributed by atoms with Crippen molar-refractivity contribution in [2.24, 2.45) is 10.3 Å². The highest BCUT2D eigenvalue weighted by Gasteiger charge is 2.12. The molecule has 0 unspecified atom stereocenters. The lowest BCUT2D eigenvalue weighted by Gasteiger charge is -2.03. The lowest BCUT2D eigenvalue weighted by atomic mass is 10.1. The molecule has 0 bridgehead atoms. The van der Waals surface area contributed by atoms with Crippen molar-refractivity contribution >= 4 is 23.4 Å². The number of hydrogen-bond donors (Lipinski definition) is 1. The smallest absolute Gasteiger partial charge is 0.214 e. The minimum atomic E-state index is -0.236. The van der Waals surface area contributed by atoms with Crippen molar-refractivity contribution in [2.75, 3.05) is 12.5 Å². The number of para-hydroxylation sites is 1. The predicted molar refractivity (Wildman–Crippen MR) is 83.8 cm³/mol. The van der Waals surface area contributed by atoms with E-state index in [1.54, 1.807) is 24.3 Å². The first-order valence-electron chi connectivity index (χ1n) is 6.36. The molecule has 0 saturated heterocycles. The molecule has 106 valence electrons. The predicted octanol–water partition coefficient (Wildman–Crippen LogP) is 2.97. The van der Waals surface area contributed by atoms with Gasteiger partial charge in [-0.05, 0) is 12.1 Å². The van der Waals surface area contributed by atoms with E-state index in [1.807, 2.05) is 36.4 Å². The topological polar surface area (TPSA) is 63.1 Å². The molecule has 2 aromatic carbocycles. The number of anilines is 1. The summed E-state index contributed by atoms with van der Waals surface area (Å²) in [6.45, 7) is 0. The Kier molecular flexibility index (Phi) is 5.23. The van der Waals surface area contributed by atoms with Gasteiger partial charge in [0.25, 0.3) is 0 Å². The Morgan fingerprint density at radius 1 is 1.05 bits per heavy atom. The van der Waals surface area contributed by atoms with Crippen LogP contribution >= 0.6 is 0 Å². The third kappa shape index (κ3) is 4.28. The molecular weight excluding hydrogens is 266 g/mol. The molecule has 5 heteroatoms. The average Bonchev–Trinajstić information content (AvgIpc) is 2.56. The van der Waals surface area contributed by atoms with Crippen molar-refractivity contribution in [3.05, 3.63) is 66.2 Å². The zero-order valence-corrected chi connectivity index (χ0v) is 11.6. The Hall–Kier alpha value is -2.95. The second kappa shape index (κ2) is 7.59. The number of rotatable bonds is 6. The largest absolute Gasteiger partial charge is 0.399 e. The summed E-state index contributed by atoms with van der Waals surface area (Å²) in [5.74, 6) is -0.236. The number of benzene rings is 2. The molecule has 0 aliphatic heterocycles. The van der Waals surface area contributed by atoms with Gasteiger partial charge in [0.05, 0.1) is 11.9 Å². The number of hydrazone groups is 1. The third-order valence-corrected chi connectivity index (χ3v) is 2.63. The van der Waals surface area contributed by atoms with Gasteiger partial charge in [0.2, 0.25) is 5.78 Å². The van der Waals surface area contributed by atoms with Gasteiger partial charge in [-0.3, -0.25) is 10.2 Å². The van der Waals surface area contributed by atoms with E-state index in [1.165, 1.54) is 13.3 Å². The second-order valence-electron chi connectivity index (χ2n) is 4.09. The average molecular weight is 281 g/mol. The summed E-state index contributed by atoms with van der Waals surface area (Å²) in [7, 11) is 1.41. The molecule has 0 spiro atoms. The molecule has 0 aliphatic rings. The number of oxime groups is 1. The fourth-order valence-corrected chi connectivity index (χ4v) is 1.62. The Balaban J connectivity index is 2.22. The van der Waals surface area contributed by atoms with Crippen molar-refractivity contribution in [1.29, 1.82) is 0 Å². The highest BCUT2D eigenvalue weighted by atomic mass is 16.6. The van der Waals surface area contributed by atoms with Crippen LogP contribution in [0.2, 0.25) is 0 Å². The molecule has 0 atom stereocenters. The van der Waals surface area contributed by atoms with Gasteiger partial charge in [-0.15, -0.1) is 0 Å². The summed E-state index contributed by atoms with van der Waals surface area (Å²) >= 11 is 0. The summed E-state index contributed by atoms with van der Waals surface area (Å²) in [5, 5.41) is 7.71. The summed E-state index contributed by atoms with van der Waals surface area (Å²) in [6.07, 6.45) is 1.28. The van der Waals surface area contributed by atoms with Crippen molar-refractivity contribution in [3.8, 4) is 0 Å². The first-order valence-corrected chi connectivity index (χ1v) is 6.36. The van der Waals surface area contributed by atoms with Gasteiger partial charge >= 0.3 is 0 Å². The van der Waals surface area contributed by atoms with Crippen molar-refractivity contribution in [1.82, 2.24) is 0 Å². The zero-order valence-electron chi connectivity index (χ0n) is 11.6. The van der Waals surface area contributed by atoms with Crippen LogP contribution in [0.15, 0.2) is 70.9 Å². The van der Waals surface area contributed by atoms with Crippen molar-refractivity contribution in [2.45, 2.75) is 0 Å². The summed E-state index contributed by atoms with van der Waals surface area (Å²) in [4.78, 5) is 17.0. The summed E-state index contributed by atoms with van der Waals surface area (Å²) in [6, 6.07) is 18.2. The maximum absolute atomic E-state index is 12.4. The molecule has 0 heterocycles. The highest BCUT2D eigenvalue weighted by molar-refractivity contribution is 6.64. The summed E-state index contributed by atoms with van der Waals surface area (Å²) in [5.41, 5.74) is 4.30. The van der Waals surface area contributed by atoms with E-state index in [9.17, 15) is 4.79 Å². The van der Waals surface area contributed by atoms with E-state index in [2.05, 4.69) is 20.5 Å². The van der Waals surface area contributed by atoms with Gasteiger partial charge in [-0.1, -0.05) is 53.7 Å². The number of carbonyl (C=O) groups is 1. The number of nitrogens with zero attached hydrogens (tertiary/aromatic N) is 2. The SMILES string of the molecule is CO/N=C/C(=N\Nc1ccccc1)C(=O)c1ccccc1. The van der Waals surface area contributed by atoms with Crippen molar-refractivity contribution in [3.63, 3.8) is 0 Å². The van der Waals surface area contributed by atoms with E-state index in [4.69, 9.17) is 0 Å². The number of Topliss-reactive ketones (excluding diaryl/α,β-unsaturated/α-hetero) is 1. The van der Waals surface area contributed by atoms with Gasteiger partial charge in [0.1, 0.15) is 7.11 Å². The van der Waals surface area contributed by atoms with E-state index in [0.717, 1.165) is 5.69 Å². The van der Waals surface area contributed by atoms with Crippen LogP contribution in [0.4, 0.5) is 5.69 Å². The maximum atomic E-state index is 12.4. The molecular formula is C16H15N3O2. The van der Waals surface area contributed by atoms with Crippen LogP contribution in [0.25, 0.3) is 0 Å². The van der Waals surface area contributed by atoms with Gasteiger partial charge < -0.3 is 4.84 Å². The molecule has 21 heavy (non-hydrogen) atoms. The number of nitrogens with one attached hydrogen (secondary N) is 1. The Morgan fingerprint density at radius 3 is 2.29 bits per heavy atom. The Labute approximate surface area is 122 Å². The van der Waals surface area contributed by atoms with Gasteiger partial charge in [-0.2, -0.15) is 5.10 Å². The number of carbonyl (C=O) groups excluding carboxylic acids is 1. The molecule has 5 nitrogen and oxygen atoms in total. The molecule has 2 aromatic rings. The molecule has 1 N–H and O–H groups in total. The van der Waals surface area contributed by atoms with Crippen LogP contribution in [0.5, 0.6) is 0 Å². The number of hydrogen-bond acceptors (Lipinski definition) is 5. The number of ketones is 1. The van der Waals surface area contributed by atoms with Crippen LogP contribution in [0, 0.1) is 0 Å². The van der Waals surface area contributed by atoms with Crippen LogP contribution in [0.3, 0.4) is 0 Å². The van der Waals surface area contributed by atoms with E-state index in [-0.39, 0.29) is 11.5 Å². The molecule has 0 aromatic heterocycles. The summed E-state index contributed by atoms with van der Waals surface area (Å²) < 4.78 is 0. The lowest BCUT2D eigenvalue weighted by Crippen LogP contribution is -2.17. The standard InChI is InChI=1S/C16H15N3O2/c1-21-17-12-15(16(20)13-8-4-2-5-9-13)19-18-14-10-6-3-7-11-14/h2-12,18H,1H3/b17-12+,19-15+. The molecule has 0 radical (unpaired) electrons. The Bertz CT molecular complexity index is 637. The first-order chi connectivity index (χ1) is 10.3. The lowest BCUT2D eigenvalue weighted by molar-refractivity contribution is 0.106. The van der Waals surface area contributed by atoms with Gasteiger partial charge in [0, 0.05) is 5.56 Å². The molecule has 2 rings (SSSR count). The minimum absolute atomic E-state index is 0.159. The van der Waals surface area contributed by atoms with Gasteiger partial charge in [-0.25, -0.2) is 0 Å². The van der Waals surface area contributed by atoms with Crippen LogP contribution in [-0.2, 0) is 4.84 Å².